The summed E-state index contributed by atoms with van der Waals surface area (Å²) in [7, 11) is 0. The van der Waals surface area contributed by atoms with E-state index in [0.29, 0.717) is 0 Å². The average Bonchev–Trinajstić information content (AvgIpc) is 3.53. The molecule has 1 aromatic heterocycles. The lowest BCUT2D eigenvalue weighted by Gasteiger charge is -2.33. The fourth-order valence-electron chi connectivity index (χ4n) is 5.12. The van der Waals surface area contributed by atoms with E-state index in [1.807, 2.05) is 12.1 Å². The van der Waals surface area contributed by atoms with Crippen molar-refractivity contribution in [3.05, 3.63) is 72.1 Å². The highest BCUT2D eigenvalue weighted by atomic mass is 16.2. The fraction of sp³-hybridized carbons (Fsp3) is 0.423. The molecule has 0 radical (unpaired) electrons. The van der Waals surface area contributed by atoms with Crippen molar-refractivity contribution in [1.29, 1.82) is 0 Å². The van der Waals surface area contributed by atoms with Crippen LogP contribution in [-0.4, -0.2) is 40.4 Å². The Hall–Kier alpha value is -2.79. The zero-order valence-electron chi connectivity index (χ0n) is 18.0. The summed E-state index contributed by atoms with van der Waals surface area (Å²) in [6.07, 6.45) is 8.82. The third kappa shape index (κ3) is 4.47. The van der Waals surface area contributed by atoms with Gasteiger partial charge in [0, 0.05) is 31.4 Å². The molecular formula is C26H30N4O. The smallest absolute Gasteiger partial charge is 0.223 e. The van der Waals surface area contributed by atoms with Crippen LogP contribution in [0, 0.1) is 11.3 Å². The summed E-state index contributed by atoms with van der Waals surface area (Å²) in [6.45, 7) is 3.78. The Balaban J connectivity index is 1.08. The molecule has 31 heavy (non-hydrogen) atoms. The minimum absolute atomic E-state index is 0.217. The summed E-state index contributed by atoms with van der Waals surface area (Å²) in [6, 6.07) is 16.7. The topological polar surface area (TPSA) is 58.1 Å². The molecule has 2 heterocycles. The zero-order chi connectivity index (χ0) is 21.1. The van der Waals surface area contributed by atoms with Crippen LogP contribution in [0.1, 0.15) is 36.8 Å². The number of carbonyl (C=O) groups is 1. The number of piperidine rings is 1. The Kier molecular flexibility index (Phi) is 5.68. The Labute approximate surface area is 183 Å². The lowest BCUT2D eigenvalue weighted by atomic mass is 9.90. The largest absolute Gasteiger partial charge is 0.356 e. The number of carbonyl (C=O) groups excluding carboxylic acids is 1. The third-order valence-corrected chi connectivity index (χ3v) is 7.12. The monoisotopic (exact) mass is 414 g/mol. The van der Waals surface area contributed by atoms with Gasteiger partial charge in [-0.25, -0.2) is 0 Å². The first-order valence-corrected chi connectivity index (χ1v) is 11.5. The molecule has 1 aliphatic carbocycles. The number of amides is 1. The van der Waals surface area contributed by atoms with E-state index in [4.69, 9.17) is 0 Å². The molecule has 1 spiro atoms. The molecule has 1 saturated carbocycles. The number of aromatic nitrogens is 2. The highest BCUT2D eigenvalue weighted by Gasteiger charge is 2.58. The summed E-state index contributed by atoms with van der Waals surface area (Å²) in [5, 5.41) is 3.19. The Morgan fingerprint density at radius 3 is 2.68 bits per heavy atom. The minimum atomic E-state index is 0.217. The van der Waals surface area contributed by atoms with Crippen LogP contribution in [0.25, 0.3) is 11.0 Å². The number of hydrogen-bond acceptors (Lipinski definition) is 4. The van der Waals surface area contributed by atoms with E-state index in [2.05, 4.69) is 56.6 Å². The Bertz CT molecular complexity index is 1040. The van der Waals surface area contributed by atoms with Gasteiger partial charge in [0.25, 0.3) is 0 Å². The number of para-hydroxylation sites is 1. The second-order valence-electron chi connectivity index (χ2n) is 9.12. The number of rotatable bonds is 7. The van der Waals surface area contributed by atoms with Crippen molar-refractivity contribution in [3.63, 3.8) is 0 Å². The van der Waals surface area contributed by atoms with E-state index in [-0.39, 0.29) is 17.2 Å². The third-order valence-electron chi connectivity index (χ3n) is 7.12. The Morgan fingerprint density at radius 1 is 1.03 bits per heavy atom. The van der Waals surface area contributed by atoms with E-state index in [0.717, 1.165) is 69.3 Å². The predicted molar refractivity (Wildman–Crippen MR) is 122 cm³/mol. The first-order valence-electron chi connectivity index (χ1n) is 11.5. The van der Waals surface area contributed by atoms with Crippen molar-refractivity contribution < 1.29 is 4.79 Å². The SMILES string of the molecule is O=C(NCCCc1ccccc1)C1CC12CCN(Cc1cccc3nccnc13)CC2. The van der Waals surface area contributed by atoms with E-state index in [1.54, 1.807) is 12.4 Å². The lowest BCUT2D eigenvalue weighted by molar-refractivity contribution is -0.123. The zero-order valence-corrected chi connectivity index (χ0v) is 18.0. The minimum Gasteiger partial charge on any atom is -0.356 e. The summed E-state index contributed by atoms with van der Waals surface area (Å²) in [5.74, 6) is 0.487. The van der Waals surface area contributed by atoms with Crippen molar-refractivity contribution in [3.8, 4) is 0 Å². The molecule has 2 aromatic carbocycles. The second kappa shape index (κ2) is 8.75. The molecule has 1 unspecified atom stereocenters. The van der Waals surface area contributed by atoms with Gasteiger partial charge in [0.1, 0.15) is 0 Å². The van der Waals surface area contributed by atoms with E-state index < -0.39 is 0 Å². The highest BCUT2D eigenvalue weighted by Crippen LogP contribution is 2.59. The first-order chi connectivity index (χ1) is 15.2. The molecule has 1 aliphatic heterocycles. The standard InChI is InChI=1S/C26H30N4O/c31-25(29-13-5-8-20-6-2-1-3-7-20)22-18-26(22)11-16-30(17-12-26)19-21-9-4-10-23-24(21)28-15-14-27-23/h1-4,6-7,9-10,14-15,22H,5,8,11-13,16-19H2,(H,29,31). The van der Waals surface area contributed by atoms with Crippen molar-refractivity contribution >= 4 is 16.9 Å². The van der Waals surface area contributed by atoms with Crippen LogP contribution in [0.15, 0.2) is 60.9 Å². The van der Waals surface area contributed by atoms with E-state index in [9.17, 15) is 4.79 Å². The maximum Gasteiger partial charge on any atom is 0.223 e. The van der Waals surface area contributed by atoms with Gasteiger partial charge in [-0.2, -0.15) is 0 Å². The summed E-state index contributed by atoms with van der Waals surface area (Å²) in [5.41, 5.74) is 4.79. The van der Waals surface area contributed by atoms with Crippen molar-refractivity contribution in [2.75, 3.05) is 19.6 Å². The molecule has 0 bridgehead atoms. The lowest BCUT2D eigenvalue weighted by Crippen LogP contribution is -2.37. The molecule has 2 aliphatic rings. The molecule has 160 valence electrons. The van der Waals surface area contributed by atoms with Crippen molar-refractivity contribution in [2.24, 2.45) is 11.3 Å². The van der Waals surface area contributed by atoms with Crippen LogP contribution in [0.3, 0.4) is 0 Å². The molecule has 1 saturated heterocycles. The van der Waals surface area contributed by atoms with Gasteiger partial charge in [0.15, 0.2) is 0 Å². The van der Waals surface area contributed by atoms with Gasteiger partial charge in [0.2, 0.25) is 5.91 Å². The fourth-order valence-corrected chi connectivity index (χ4v) is 5.12. The maximum atomic E-state index is 12.7. The predicted octanol–water partition coefficient (Wildman–Crippen LogP) is 3.98. The number of hydrogen-bond donors (Lipinski definition) is 1. The summed E-state index contributed by atoms with van der Waals surface area (Å²) in [4.78, 5) is 24.1. The number of likely N-dealkylation sites (tertiary alicyclic amines) is 1. The molecule has 2 fully saturated rings. The first kappa shape index (κ1) is 20.1. The van der Waals surface area contributed by atoms with Crippen LogP contribution in [-0.2, 0) is 17.8 Å². The van der Waals surface area contributed by atoms with E-state index in [1.165, 1.54) is 11.1 Å². The molecular weight excluding hydrogens is 384 g/mol. The summed E-state index contributed by atoms with van der Waals surface area (Å²) < 4.78 is 0. The van der Waals surface area contributed by atoms with Crippen LogP contribution < -0.4 is 5.32 Å². The summed E-state index contributed by atoms with van der Waals surface area (Å²) >= 11 is 0. The van der Waals surface area contributed by atoms with Gasteiger partial charge in [0.05, 0.1) is 11.0 Å². The van der Waals surface area contributed by atoms with Crippen LogP contribution in [0.2, 0.25) is 0 Å². The maximum absolute atomic E-state index is 12.7. The molecule has 3 aromatic rings. The normalized spacial score (nSPS) is 20.1. The molecule has 5 heteroatoms. The van der Waals surface area contributed by atoms with Gasteiger partial charge in [-0.1, -0.05) is 42.5 Å². The number of aryl methyl sites for hydroxylation is 1. The molecule has 5 rings (SSSR count). The van der Waals surface area contributed by atoms with Crippen LogP contribution in [0.5, 0.6) is 0 Å². The van der Waals surface area contributed by atoms with Crippen molar-refractivity contribution in [1.82, 2.24) is 20.2 Å². The quantitative estimate of drug-likeness (QED) is 0.594. The van der Waals surface area contributed by atoms with Gasteiger partial charge in [-0.05, 0) is 67.8 Å². The molecule has 5 nitrogen and oxygen atoms in total. The van der Waals surface area contributed by atoms with Gasteiger partial charge in [-0.3, -0.25) is 19.7 Å². The Morgan fingerprint density at radius 2 is 1.84 bits per heavy atom. The number of fused-ring (bicyclic) bond motifs is 1. The van der Waals surface area contributed by atoms with E-state index >= 15 is 0 Å². The van der Waals surface area contributed by atoms with Gasteiger partial charge >= 0.3 is 0 Å². The van der Waals surface area contributed by atoms with Crippen LogP contribution in [0.4, 0.5) is 0 Å². The van der Waals surface area contributed by atoms with Gasteiger partial charge < -0.3 is 5.32 Å². The number of nitrogens with zero attached hydrogens (tertiary/aromatic N) is 3. The highest BCUT2D eigenvalue weighted by molar-refractivity contribution is 5.82. The molecule has 1 N–H and O–H groups in total. The van der Waals surface area contributed by atoms with Crippen molar-refractivity contribution in [2.45, 2.75) is 38.6 Å². The number of nitrogens with one attached hydrogen (secondary N) is 1. The number of benzene rings is 2. The molecule has 1 atom stereocenters. The molecule has 1 amide bonds. The second-order valence-corrected chi connectivity index (χ2v) is 9.12. The van der Waals surface area contributed by atoms with Crippen LogP contribution >= 0.6 is 0 Å². The van der Waals surface area contributed by atoms with Gasteiger partial charge in [-0.15, -0.1) is 0 Å². The average molecular weight is 415 g/mol.